The third-order valence-electron chi connectivity index (χ3n) is 3.27. The topological polar surface area (TPSA) is 44.8 Å². The number of benzene rings is 1. The molecular weight excluding hydrogens is 251 g/mol. The number of hydrogen-bond donors (Lipinski definition) is 0. The molecule has 104 valence electrons. The van der Waals surface area contributed by atoms with Crippen LogP contribution in [-0.2, 0) is 4.74 Å². The van der Waals surface area contributed by atoms with Gasteiger partial charge in [-0.1, -0.05) is 0 Å². The summed E-state index contributed by atoms with van der Waals surface area (Å²) in [5.41, 5.74) is -0.134. The van der Waals surface area contributed by atoms with Gasteiger partial charge in [0.15, 0.2) is 11.5 Å². The molecule has 1 unspecified atom stereocenters. The monoisotopic (exact) mass is 268 g/mol. The Morgan fingerprint density at radius 1 is 1.26 bits per heavy atom. The number of esters is 1. The Kier molecular flexibility index (Phi) is 3.93. The van der Waals surface area contributed by atoms with Crippen molar-refractivity contribution >= 4 is 5.97 Å². The molecule has 0 amide bonds. The summed E-state index contributed by atoms with van der Waals surface area (Å²) in [6, 6.07) is 2.42. The van der Waals surface area contributed by atoms with Crippen LogP contribution in [0.1, 0.15) is 30.1 Å². The lowest BCUT2D eigenvalue weighted by atomic mass is 10.2. The maximum Gasteiger partial charge on any atom is 0.341 e. The lowest BCUT2D eigenvalue weighted by molar-refractivity contribution is 0.0289. The second-order valence-corrected chi connectivity index (χ2v) is 4.63. The fourth-order valence-corrected chi connectivity index (χ4v) is 1.90. The van der Waals surface area contributed by atoms with Crippen molar-refractivity contribution < 1.29 is 23.4 Å². The summed E-state index contributed by atoms with van der Waals surface area (Å²) >= 11 is 0. The number of rotatable bonds is 5. The van der Waals surface area contributed by atoms with Crippen molar-refractivity contribution in [1.29, 1.82) is 0 Å². The Balaban J connectivity index is 2.20. The predicted octanol–water partition coefficient (Wildman–Crippen LogP) is 2.80. The maximum atomic E-state index is 13.8. The molecule has 0 aliphatic heterocycles. The smallest absolute Gasteiger partial charge is 0.341 e. The van der Waals surface area contributed by atoms with Crippen LogP contribution in [0.25, 0.3) is 0 Å². The van der Waals surface area contributed by atoms with Crippen LogP contribution in [0.3, 0.4) is 0 Å². The van der Waals surface area contributed by atoms with E-state index in [1.54, 1.807) is 0 Å². The molecule has 1 fully saturated rings. The highest BCUT2D eigenvalue weighted by Crippen LogP contribution is 2.35. The van der Waals surface area contributed by atoms with Crippen molar-refractivity contribution in [2.24, 2.45) is 5.92 Å². The lowest BCUT2D eigenvalue weighted by Crippen LogP contribution is -2.18. The Hall–Kier alpha value is -1.78. The number of methoxy groups -OCH3 is 2. The first-order chi connectivity index (χ1) is 9.06. The number of carbonyl (C=O) groups is 1. The van der Waals surface area contributed by atoms with E-state index in [2.05, 4.69) is 0 Å². The van der Waals surface area contributed by atoms with Gasteiger partial charge in [0.25, 0.3) is 0 Å². The second kappa shape index (κ2) is 5.47. The minimum atomic E-state index is -0.675. The third-order valence-corrected chi connectivity index (χ3v) is 3.27. The molecule has 0 radical (unpaired) electrons. The molecule has 1 saturated carbocycles. The van der Waals surface area contributed by atoms with Gasteiger partial charge in [0, 0.05) is 12.1 Å². The maximum absolute atomic E-state index is 13.8. The molecule has 1 aliphatic carbocycles. The van der Waals surface area contributed by atoms with Crippen molar-refractivity contribution in [2.75, 3.05) is 14.2 Å². The van der Waals surface area contributed by atoms with E-state index < -0.39 is 11.8 Å². The first-order valence-electron chi connectivity index (χ1n) is 6.19. The van der Waals surface area contributed by atoms with Gasteiger partial charge in [0.2, 0.25) is 0 Å². The highest BCUT2D eigenvalue weighted by molar-refractivity contribution is 5.90. The van der Waals surface area contributed by atoms with E-state index in [4.69, 9.17) is 14.2 Å². The fraction of sp³-hybridized carbons (Fsp3) is 0.500. The summed E-state index contributed by atoms with van der Waals surface area (Å²) in [6.45, 7) is 1.83. The van der Waals surface area contributed by atoms with Crippen LogP contribution >= 0.6 is 0 Å². The first kappa shape index (κ1) is 13.6. The van der Waals surface area contributed by atoms with Crippen LogP contribution in [0.5, 0.6) is 11.5 Å². The van der Waals surface area contributed by atoms with Gasteiger partial charge in [-0.2, -0.15) is 0 Å². The summed E-state index contributed by atoms with van der Waals surface area (Å²) in [4.78, 5) is 11.9. The minimum Gasteiger partial charge on any atom is -0.493 e. The largest absolute Gasteiger partial charge is 0.493 e. The van der Waals surface area contributed by atoms with Gasteiger partial charge < -0.3 is 14.2 Å². The average Bonchev–Trinajstić information content (AvgIpc) is 3.22. The normalized spacial score (nSPS) is 15.8. The Labute approximate surface area is 111 Å². The molecule has 1 atom stereocenters. The molecular formula is C14H17FO4. The summed E-state index contributed by atoms with van der Waals surface area (Å²) in [6.07, 6.45) is 1.94. The van der Waals surface area contributed by atoms with E-state index in [1.807, 2.05) is 6.92 Å². The highest BCUT2D eigenvalue weighted by Gasteiger charge is 2.31. The van der Waals surface area contributed by atoms with Gasteiger partial charge in [0.05, 0.1) is 19.8 Å². The van der Waals surface area contributed by atoms with Crippen molar-refractivity contribution in [2.45, 2.75) is 25.9 Å². The summed E-state index contributed by atoms with van der Waals surface area (Å²) in [5.74, 6) is -0.391. The van der Waals surface area contributed by atoms with E-state index >= 15 is 0 Å². The molecule has 0 spiro atoms. The zero-order valence-electron chi connectivity index (χ0n) is 11.2. The van der Waals surface area contributed by atoms with Gasteiger partial charge in [-0.15, -0.1) is 0 Å². The second-order valence-electron chi connectivity index (χ2n) is 4.63. The molecule has 0 bridgehead atoms. The summed E-state index contributed by atoms with van der Waals surface area (Å²) in [7, 11) is 2.84. The lowest BCUT2D eigenvalue weighted by Gasteiger charge is -2.14. The van der Waals surface area contributed by atoms with Crippen molar-refractivity contribution in [3.8, 4) is 11.5 Å². The minimum absolute atomic E-state index is 0.134. The molecule has 2 rings (SSSR count). The average molecular weight is 268 g/mol. The third kappa shape index (κ3) is 2.97. The zero-order valence-corrected chi connectivity index (χ0v) is 11.2. The number of carbonyl (C=O) groups excluding carboxylic acids is 1. The molecule has 0 aromatic heterocycles. The Bertz CT molecular complexity index is 483. The van der Waals surface area contributed by atoms with Crippen LogP contribution in [0.15, 0.2) is 12.1 Å². The molecule has 1 aromatic carbocycles. The van der Waals surface area contributed by atoms with Crippen LogP contribution in [0.2, 0.25) is 0 Å². The zero-order chi connectivity index (χ0) is 14.0. The van der Waals surface area contributed by atoms with E-state index in [0.29, 0.717) is 11.7 Å². The number of ether oxygens (including phenoxy) is 3. The molecule has 1 aliphatic rings. The van der Waals surface area contributed by atoms with E-state index in [0.717, 1.165) is 18.9 Å². The number of hydrogen-bond acceptors (Lipinski definition) is 4. The van der Waals surface area contributed by atoms with Crippen molar-refractivity contribution in [3.05, 3.63) is 23.5 Å². The molecule has 19 heavy (non-hydrogen) atoms. The summed E-state index contributed by atoms with van der Waals surface area (Å²) in [5, 5.41) is 0. The molecule has 0 N–H and O–H groups in total. The molecule has 4 nitrogen and oxygen atoms in total. The van der Waals surface area contributed by atoms with Crippen LogP contribution in [0, 0.1) is 11.7 Å². The van der Waals surface area contributed by atoms with E-state index in [9.17, 15) is 9.18 Å². The van der Waals surface area contributed by atoms with Crippen molar-refractivity contribution in [1.82, 2.24) is 0 Å². The standard InChI is InChI=1S/C14H17FO4/c1-8(9-4-5-9)19-14(16)10-6-12(17-2)13(18-3)7-11(10)15/h6-9H,4-5H2,1-3H3. The fourth-order valence-electron chi connectivity index (χ4n) is 1.90. The molecule has 1 aromatic rings. The SMILES string of the molecule is COc1cc(F)c(C(=O)OC(C)C2CC2)cc1OC. The van der Waals surface area contributed by atoms with Crippen LogP contribution < -0.4 is 9.47 Å². The van der Waals surface area contributed by atoms with Gasteiger partial charge in [-0.3, -0.25) is 0 Å². The van der Waals surface area contributed by atoms with Gasteiger partial charge >= 0.3 is 5.97 Å². The van der Waals surface area contributed by atoms with Gasteiger partial charge in [0.1, 0.15) is 11.9 Å². The number of halogens is 1. The predicted molar refractivity (Wildman–Crippen MR) is 67.1 cm³/mol. The van der Waals surface area contributed by atoms with Crippen molar-refractivity contribution in [3.63, 3.8) is 0 Å². The van der Waals surface area contributed by atoms with Crippen LogP contribution in [-0.4, -0.2) is 26.3 Å². The molecule has 0 saturated heterocycles. The van der Waals surface area contributed by atoms with Crippen LogP contribution in [0.4, 0.5) is 4.39 Å². The Morgan fingerprint density at radius 3 is 2.37 bits per heavy atom. The molecule has 0 heterocycles. The van der Waals surface area contributed by atoms with Gasteiger partial charge in [-0.05, 0) is 25.7 Å². The highest BCUT2D eigenvalue weighted by atomic mass is 19.1. The van der Waals surface area contributed by atoms with Gasteiger partial charge in [-0.25, -0.2) is 9.18 Å². The molecule has 5 heteroatoms. The quantitative estimate of drug-likeness (QED) is 0.770. The Morgan fingerprint density at radius 2 is 1.84 bits per heavy atom. The van der Waals surface area contributed by atoms with E-state index in [1.165, 1.54) is 20.3 Å². The van der Waals surface area contributed by atoms with E-state index in [-0.39, 0.29) is 17.4 Å². The summed E-state index contributed by atoms with van der Waals surface area (Å²) < 4.78 is 29.1. The first-order valence-corrected chi connectivity index (χ1v) is 6.19.